The number of nitrogens with zero attached hydrogens (tertiary/aromatic N) is 1. The minimum Gasteiger partial charge on any atom is -0.447 e. The second kappa shape index (κ2) is 5.86. The van der Waals surface area contributed by atoms with Crippen molar-refractivity contribution in [1.29, 1.82) is 0 Å². The molecule has 1 aliphatic heterocycles. The van der Waals surface area contributed by atoms with Crippen LogP contribution >= 0.6 is 0 Å². The molecule has 3 N–H and O–H groups in total. The molecule has 0 fully saturated rings. The number of fused-ring (bicyclic) bond motifs is 2. The van der Waals surface area contributed by atoms with Gasteiger partial charge in [-0.25, -0.2) is 0 Å². The zero-order valence-corrected chi connectivity index (χ0v) is 13.9. The topological polar surface area (TPSA) is 80.5 Å². The van der Waals surface area contributed by atoms with Gasteiger partial charge in [-0.05, 0) is 24.6 Å². The number of aromatic amines is 1. The summed E-state index contributed by atoms with van der Waals surface area (Å²) < 4.78 is 5.72. The van der Waals surface area contributed by atoms with E-state index in [-0.39, 0.29) is 0 Å². The van der Waals surface area contributed by atoms with Crippen molar-refractivity contribution in [3.63, 3.8) is 0 Å². The lowest BCUT2D eigenvalue weighted by Crippen LogP contribution is -2.40. The molecule has 0 amide bonds. The molecule has 0 saturated heterocycles. The fourth-order valence-electron chi connectivity index (χ4n) is 3.25. The summed E-state index contributed by atoms with van der Waals surface area (Å²) in [7, 11) is 0. The van der Waals surface area contributed by atoms with Gasteiger partial charge in [-0.1, -0.05) is 36.4 Å². The molecule has 126 valence electrons. The summed E-state index contributed by atoms with van der Waals surface area (Å²) in [4.78, 5) is 20.1. The number of para-hydroxylation sites is 2. The highest BCUT2D eigenvalue weighted by Crippen LogP contribution is 2.37. The molecule has 4 rings (SSSR count). The molecule has 1 unspecified atom stereocenters. The molecule has 5 nitrogen and oxygen atoms in total. The van der Waals surface area contributed by atoms with Crippen molar-refractivity contribution in [2.45, 2.75) is 25.0 Å². The van der Waals surface area contributed by atoms with Gasteiger partial charge in [-0.3, -0.25) is 9.79 Å². The lowest BCUT2D eigenvalue weighted by Gasteiger charge is -2.25. The monoisotopic (exact) mass is 333 g/mol. The van der Waals surface area contributed by atoms with E-state index >= 15 is 0 Å². The number of H-pyrrole nitrogens is 1. The van der Waals surface area contributed by atoms with Crippen LogP contribution in [-0.4, -0.2) is 23.2 Å². The SMILES string of the molecule is CC1(OC(=O)[C@@H](N)Cc2c[nH]c3ccccc23)C=Nc2ccccc21. The van der Waals surface area contributed by atoms with Crippen LogP contribution in [0.1, 0.15) is 18.1 Å². The highest BCUT2D eigenvalue weighted by atomic mass is 16.6. The number of esters is 1. The number of hydrogen-bond donors (Lipinski definition) is 2. The lowest BCUT2D eigenvalue weighted by atomic mass is 9.98. The average molecular weight is 333 g/mol. The molecule has 0 bridgehead atoms. The molecule has 0 spiro atoms. The number of ether oxygens (including phenoxy) is 1. The predicted octanol–water partition coefficient (Wildman–Crippen LogP) is 3.21. The van der Waals surface area contributed by atoms with Crippen molar-refractivity contribution in [2.75, 3.05) is 0 Å². The first-order valence-corrected chi connectivity index (χ1v) is 8.25. The Morgan fingerprint density at radius 1 is 1.24 bits per heavy atom. The summed E-state index contributed by atoms with van der Waals surface area (Å²) in [5, 5.41) is 1.07. The molecule has 0 radical (unpaired) electrons. The Morgan fingerprint density at radius 2 is 2.00 bits per heavy atom. The zero-order chi connectivity index (χ0) is 17.4. The van der Waals surface area contributed by atoms with E-state index in [1.807, 2.05) is 61.7 Å². The van der Waals surface area contributed by atoms with Gasteiger partial charge in [0.1, 0.15) is 6.04 Å². The van der Waals surface area contributed by atoms with Crippen LogP contribution in [0.2, 0.25) is 0 Å². The first-order valence-electron chi connectivity index (χ1n) is 8.25. The summed E-state index contributed by atoms with van der Waals surface area (Å²) >= 11 is 0. The molecule has 25 heavy (non-hydrogen) atoms. The van der Waals surface area contributed by atoms with Gasteiger partial charge >= 0.3 is 5.97 Å². The molecule has 5 heteroatoms. The second-order valence-corrected chi connectivity index (χ2v) is 6.47. The molecular weight excluding hydrogens is 314 g/mol. The number of carbonyl (C=O) groups excluding carboxylic acids is 1. The summed E-state index contributed by atoms with van der Waals surface area (Å²) in [6.07, 6.45) is 3.97. The summed E-state index contributed by atoms with van der Waals surface area (Å²) in [5.74, 6) is -0.434. The molecular formula is C20H19N3O2. The third-order valence-corrected chi connectivity index (χ3v) is 4.62. The number of hydrogen-bond acceptors (Lipinski definition) is 4. The van der Waals surface area contributed by atoms with E-state index in [9.17, 15) is 4.79 Å². The maximum Gasteiger partial charge on any atom is 0.324 e. The highest BCUT2D eigenvalue weighted by Gasteiger charge is 2.36. The summed E-state index contributed by atoms with van der Waals surface area (Å²) in [6, 6.07) is 14.8. The van der Waals surface area contributed by atoms with Crippen molar-refractivity contribution >= 4 is 28.8 Å². The number of carbonyl (C=O) groups is 1. The van der Waals surface area contributed by atoms with Gasteiger partial charge in [0.25, 0.3) is 0 Å². The van der Waals surface area contributed by atoms with Crippen LogP contribution in [0.3, 0.4) is 0 Å². The van der Waals surface area contributed by atoms with Gasteiger partial charge in [-0.15, -0.1) is 0 Å². The van der Waals surface area contributed by atoms with Crippen LogP contribution < -0.4 is 5.73 Å². The summed E-state index contributed by atoms with van der Waals surface area (Å²) in [5.41, 5.74) is 8.99. The molecule has 0 saturated carbocycles. The van der Waals surface area contributed by atoms with Gasteiger partial charge < -0.3 is 15.5 Å². The molecule has 2 aromatic carbocycles. The lowest BCUT2D eigenvalue weighted by molar-refractivity contribution is -0.154. The van der Waals surface area contributed by atoms with Crippen molar-refractivity contribution in [3.8, 4) is 0 Å². The molecule has 2 heterocycles. The van der Waals surface area contributed by atoms with Gasteiger partial charge in [0.15, 0.2) is 5.60 Å². The number of nitrogens with one attached hydrogen (secondary N) is 1. The van der Waals surface area contributed by atoms with E-state index in [0.29, 0.717) is 6.42 Å². The van der Waals surface area contributed by atoms with Gasteiger partial charge in [0, 0.05) is 29.1 Å². The smallest absolute Gasteiger partial charge is 0.324 e. The Kier molecular flexibility index (Phi) is 3.66. The molecule has 3 aromatic rings. The zero-order valence-electron chi connectivity index (χ0n) is 13.9. The van der Waals surface area contributed by atoms with Crippen molar-refractivity contribution in [2.24, 2.45) is 10.7 Å². The fourth-order valence-corrected chi connectivity index (χ4v) is 3.25. The van der Waals surface area contributed by atoms with Crippen LogP contribution in [0, 0.1) is 0 Å². The minimum atomic E-state index is -0.870. The fraction of sp³-hybridized carbons (Fsp3) is 0.200. The summed E-state index contributed by atoms with van der Waals surface area (Å²) in [6.45, 7) is 1.83. The van der Waals surface area contributed by atoms with Crippen LogP contribution in [0.15, 0.2) is 59.7 Å². The van der Waals surface area contributed by atoms with Crippen LogP contribution in [0.4, 0.5) is 5.69 Å². The molecule has 1 aromatic heterocycles. The van der Waals surface area contributed by atoms with Crippen molar-refractivity contribution in [1.82, 2.24) is 4.98 Å². The highest BCUT2D eigenvalue weighted by molar-refractivity contribution is 5.88. The van der Waals surface area contributed by atoms with E-state index in [1.165, 1.54) is 0 Å². The van der Waals surface area contributed by atoms with Crippen LogP contribution in [-0.2, 0) is 21.6 Å². The van der Waals surface area contributed by atoms with E-state index in [4.69, 9.17) is 10.5 Å². The first-order chi connectivity index (χ1) is 12.1. The Bertz CT molecular complexity index is 976. The van der Waals surface area contributed by atoms with Gasteiger partial charge in [-0.2, -0.15) is 0 Å². The van der Waals surface area contributed by atoms with Gasteiger partial charge in [0.2, 0.25) is 0 Å². The van der Waals surface area contributed by atoms with Crippen LogP contribution in [0.5, 0.6) is 0 Å². The number of aliphatic imine (C=N–C) groups is 1. The predicted molar refractivity (Wildman–Crippen MR) is 98.0 cm³/mol. The molecule has 1 aliphatic rings. The Labute approximate surface area is 145 Å². The van der Waals surface area contributed by atoms with E-state index < -0.39 is 17.6 Å². The van der Waals surface area contributed by atoms with E-state index in [0.717, 1.165) is 27.7 Å². The normalized spacial score (nSPS) is 19.8. The number of aromatic nitrogens is 1. The largest absolute Gasteiger partial charge is 0.447 e. The third kappa shape index (κ3) is 2.72. The maximum absolute atomic E-state index is 12.6. The third-order valence-electron chi connectivity index (χ3n) is 4.62. The quantitative estimate of drug-likeness (QED) is 0.719. The standard InChI is InChI=1S/C20H19N3O2/c1-20(12-23-18-9-5-3-7-15(18)20)25-19(24)16(21)10-13-11-22-17-8-4-2-6-14(13)17/h2-9,11-12,16,22H,10,21H2,1H3/t16-,20?/m0/s1. The Hall–Kier alpha value is -2.92. The number of benzene rings is 2. The Balaban J connectivity index is 1.51. The molecule has 2 atom stereocenters. The second-order valence-electron chi connectivity index (χ2n) is 6.47. The maximum atomic E-state index is 12.6. The van der Waals surface area contributed by atoms with Crippen LogP contribution in [0.25, 0.3) is 10.9 Å². The number of rotatable bonds is 4. The minimum absolute atomic E-state index is 0.414. The van der Waals surface area contributed by atoms with Crippen molar-refractivity contribution < 1.29 is 9.53 Å². The Morgan fingerprint density at radius 3 is 2.88 bits per heavy atom. The first kappa shape index (κ1) is 15.6. The van der Waals surface area contributed by atoms with Gasteiger partial charge in [0.05, 0.1) is 11.9 Å². The molecule has 0 aliphatic carbocycles. The number of nitrogens with two attached hydrogens (primary N) is 1. The van der Waals surface area contributed by atoms with Crippen molar-refractivity contribution in [3.05, 3.63) is 65.9 Å². The average Bonchev–Trinajstić information content (AvgIpc) is 3.17. The van der Waals surface area contributed by atoms with E-state index in [1.54, 1.807) is 6.21 Å². The van der Waals surface area contributed by atoms with E-state index in [2.05, 4.69) is 9.98 Å².